The maximum Gasteiger partial charge on any atom is 0.223 e. The number of benzene rings is 1. The van der Waals surface area contributed by atoms with Gasteiger partial charge in [0, 0.05) is 31.2 Å². The van der Waals surface area contributed by atoms with Gasteiger partial charge in [-0.2, -0.15) is 5.10 Å². The van der Waals surface area contributed by atoms with E-state index in [2.05, 4.69) is 20.3 Å². The maximum atomic E-state index is 13.0. The van der Waals surface area contributed by atoms with Gasteiger partial charge < -0.3 is 10.2 Å². The second-order valence-electron chi connectivity index (χ2n) is 7.68. The molecule has 1 fully saturated rings. The van der Waals surface area contributed by atoms with Gasteiger partial charge in [-0.1, -0.05) is 12.1 Å². The predicted octanol–water partition coefficient (Wildman–Crippen LogP) is 2.95. The fourth-order valence-corrected chi connectivity index (χ4v) is 3.77. The summed E-state index contributed by atoms with van der Waals surface area (Å²) in [5.74, 6) is 1.22. The van der Waals surface area contributed by atoms with E-state index in [-0.39, 0.29) is 17.6 Å². The molecule has 0 saturated carbocycles. The molecule has 0 unspecified atom stereocenters. The quantitative estimate of drug-likeness (QED) is 0.703. The summed E-state index contributed by atoms with van der Waals surface area (Å²) < 4.78 is 14.8. The monoisotopic (exact) mass is 408 g/mol. The second-order valence-corrected chi connectivity index (χ2v) is 7.68. The molecule has 4 rings (SSSR count). The molecule has 1 aromatic carbocycles. The van der Waals surface area contributed by atoms with Crippen LogP contribution in [0.15, 0.2) is 42.7 Å². The molecule has 3 aromatic rings. The van der Waals surface area contributed by atoms with Gasteiger partial charge in [0.05, 0.1) is 18.1 Å². The molecule has 3 heterocycles. The number of nitrogens with one attached hydrogen (secondary N) is 1. The highest BCUT2D eigenvalue weighted by molar-refractivity contribution is 5.79. The largest absolute Gasteiger partial charge is 0.355 e. The van der Waals surface area contributed by atoms with Crippen LogP contribution in [0.1, 0.15) is 29.8 Å². The Morgan fingerprint density at radius 2 is 1.83 bits per heavy atom. The summed E-state index contributed by atoms with van der Waals surface area (Å²) in [5.41, 5.74) is 2.83. The Labute approximate surface area is 175 Å². The summed E-state index contributed by atoms with van der Waals surface area (Å²) in [6, 6.07) is 8.19. The highest BCUT2D eigenvalue weighted by Crippen LogP contribution is 2.22. The van der Waals surface area contributed by atoms with Crippen molar-refractivity contribution >= 4 is 11.7 Å². The zero-order chi connectivity index (χ0) is 21.1. The summed E-state index contributed by atoms with van der Waals surface area (Å²) in [7, 11) is 0. The molecule has 156 valence electrons. The number of hydrogen-bond acceptors (Lipinski definition) is 5. The highest BCUT2D eigenvalue weighted by Gasteiger charge is 2.26. The van der Waals surface area contributed by atoms with Crippen molar-refractivity contribution in [1.29, 1.82) is 0 Å². The summed E-state index contributed by atoms with van der Waals surface area (Å²) >= 11 is 0. The number of piperidine rings is 1. The maximum absolute atomic E-state index is 13.0. The van der Waals surface area contributed by atoms with Crippen molar-refractivity contribution < 1.29 is 9.18 Å². The fourth-order valence-electron chi connectivity index (χ4n) is 3.77. The van der Waals surface area contributed by atoms with E-state index < -0.39 is 0 Å². The molecule has 1 aliphatic heterocycles. The normalized spacial score (nSPS) is 14.7. The molecule has 1 aliphatic rings. The molecule has 8 heteroatoms. The van der Waals surface area contributed by atoms with Crippen LogP contribution in [-0.4, -0.2) is 38.7 Å². The third-order valence-corrected chi connectivity index (χ3v) is 5.41. The minimum Gasteiger partial charge on any atom is -0.355 e. The lowest BCUT2D eigenvalue weighted by Gasteiger charge is -2.32. The van der Waals surface area contributed by atoms with Crippen molar-refractivity contribution in [2.75, 3.05) is 18.0 Å². The first kappa shape index (κ1) is 20.0. The van der Waals surface area contributed by atoms with Gasteiger partial charge in [0.2, 0.25) is 5.91 Å². The van der Waals surface area contributed by atoms with Crippen LogP contribution in [0, 0.1) is 25.6 Å². The number of anilines is 1. The molecule has 0 aliphatic carbocycles. The van der Waals surface area contributed by atoms with Crippen LogP contribution in [0.3, 0.4) is 0 Å². The van der Waals surface area contributed by atoms with Gasteiger partial charge in [0.1, 0.15) is 11.6 Å². The smallest absolute Gasteiger partial charge is 0.223 e. The molecule has 7 nitrogen and oxygen atoms in total. The minimum absolute atomic E-state index is 0.0335. The van der Waals surface area contributed by atoms with E-state index in [4.69, 9.17) is 4.98 Å². The topological polar surface area (TPSA) is 75.9 Å². The molecule has 1 N–H and O–H groups in total. The Balaban J connectivity index is 1.34. The van der Waals surface area contributed by atoms with Crippen molar-refractivity contribution in [3.63, 3.8) is 0 Å². The number of aryl methyl sites for hydroxylation is 2. The number of carbonyl (C=O) groups is 1. The number of rotatable bonds is 5. The van der Waals surface area contributed by atoms with Crippen molar-refractivity contribution in [2.24, 2.45) is 5.92 Å². The summed E-state index contributed by atoms with van der Waals surface area (Å²) in [4.78, 5) is 23.7. The molecule has 0 spiro atoms. The number of amides is 1. The van der Waals surface area contributed by atoms with E-state index in [1.807, 2.05) is 19.9 Å². The van der Waals surface area contributed by atoms with Crippen LogP contribution in [0.5, 0.6) is 0 Å². The molecular formula is C22H25FN6O. The first-order chi connectivity index (χ1) is 14.5. The molecule has 2 aromatic heterocycles. The highest BCUT2D eigenvalue weighted by atomic mass is 19.1. The molecule has 0 atom stereocenters. The lowest BCUT2D eigenvalue weighted by molar-refractivity contribution is -0.125. The Hall–Kier alpha value is -3.29. The standard InChI is InChI=1S/C22H25FN6O/c1-15-11-16(2)29(27-15)21-14-24-13-20(26-21)28-9-7-18(8-10-28)22(30)25-12-17-3-5-19(23)6-4-17/h3-6,11,13-14,18H,7-10,12H2,1-2H3,(H,25,30). The lowest BCUT2D eigenvalue weighted by Crippen LogP contribution is -2.40. The second kappa shape index (κ2) is 8.61. The minimum atomic E-state index is -0.275. The van der Waals surface area contributed by atoms with Gasteiger partial charge in [-0.3, -0.25) is 9.78 Å². The van der Waals surface area contributed by atoms with Crippen molar-refractivity contribution in [3.8, 4) is 5.82 Å². The van der Waals surface area contributed by atoms with Crippen LogP contribution < -0.4 is 10.2 Å². The van der Waals surface area contributed by atoms with Gasteiger partial charge in [0.25, 0.3) is 0 Å². The summed E-state index contributed by atoms with van der Waals surface area (Å²) in [6.07, 6.45) is 4.96. The first-order valence-corrected chi connectivity index (χ1v) is 10.1. The van der Waals surface area contributed by atoms with Crippen LogP contribution in [-0.2, 0) is 11.3 Å². The molecule has 1 amide bonds. The Kier molecular flexibility index (Phi) is 5.74. The van der Waals surface area contributed by atoms with Crippen LogP contribution >= 0.6 is 0 Å². The third kappa shape index (κ3) is 4.48. The van der Waals surface area contributed by atoms with E-state index in [0.29, 0.717) is 12.4 Å². The Morgan fingerprint density at radius 1 is 1.13 bits per heavy atom. The van der Waals surface area contributed by atoms with Crippen LogP contribution in [0.2, 0.25) is 0 Å². The van der Waals surface area contributed by atoms with Gasteiger partial charge in [-0.25, -0.2) is 14.1 Å². The molecule has 0 bridgehead atoms. The number of carbonyl (C=O) groups excluding carboxylic acids is 1. The molecule has 30 heavy (non-hydrogen) atoms. The van der Waals surface area contributed by atoms with Crippen molar-refractivity contribution in [1.82, 2.24) is 25.1 Å². The van der Waals surface area contributed by atoms with E-state index in [9.17, 15) is 9.18 Å². The summed E-state index contributed by atoms with van der Waals surface area (Å²) in [6.45, 7) is 5.83. The van der Waals surface area contributed by atoms with Crippen molar-refractivity contribution in [3.05, 3.63) is 65.5 Å². The van der Waals surface area contributed by atoms with E-state index in [1.165, 1.54) is 12.1 Å². The van der Waals surface area contributed by atoms with E-state index in [0.717, 1.165) is 48.7 Å². The molecule has 1 saturated heterocycles. The van der Waals surface area contributed by atoms with Gasteiger partial charge in [0.15, 0.2) is 5.82 Å². The average Bonchev–Trinajstić information content (AvgIpc) is 3.11. The third-order valence-electron chi connectivity index (χ3n) is 5.41. The number of nitrogens with zero attached hydrogens (tertiary/aromatic N) is 5. The van der Waals surface area contributed by atoms with Gasteiger partial charge >= 0.3 is 0 Å². The van der Waals surface area contributed by atoms with Crippen LogP contribution in [0.4, 0.5) is 10.2 Å². The molecular weight excluding hydrogens is 383 g/mol. The first-order valence-electron chi connectivity index (χ1n) is 10.1. The number of hydrogen-bond donors (Lipinski definition) is 1. The average molecular weight is 408 g/mol. The molecule has 0 radical (unpaired) electrons. The fraction of sp³-hybridized carbons (Fsp3) is 0.364. The predicted molar refractivity (Wildman–Crippen MR) is 112 cm³/mol. The zero-order valence-corrected chi connectivity index (χ0v) is 17.2. The lowest BCUT2D eigenvalue weighted by atomic mass is 9.96. The van der Waals surface area contributed by atoms with Gasteiger partial charge in [-0.05, 0) is 50.5 Å². The Bertz CT molecular complexity index is 1020. The van der Waals surface area contributed by atoms with Crippen molar-refractivity contribution in [2.45, 2.75) is 33.2 Å². The number of aromatic nitrogens is 4. The SMILES string of the molecule is Cc1cc(C)n(-c2cncc(N3CCC(C(=O)NCc4ccc(F)cc4)CC3)n2)n1. The van der Waals surface area contributed by atoms with E-state index >= 15 is 0 Å². The summed E-state index contributed by atoms with van der Waals surface area (Å²) in [5, 5.41) is 7.44. The number of halogens is 1. The zero-order valence-electron chi connectivity index (χ0n) is 17.2. The van der Waals surface area contributed by atoms with Gasteiger partial charge in [-0.15, -0.1) is 0 Å². The van der Waals surface area contributed by atoms with Crippen LogP contribution in [0.25, 0.3) is 5.82 Å². The van der Waals surface area contributed by atoms with E-state index in [1.54, 1.807) is 29.2 Å². The Morgan fingerprint density at radius 3 is 2.50 bits per heavy atom.